The van der Waals surface area contributed by atoms with Gasteiger partial charge in [0.1, 0.15) is 0 Å². The summed E-state index contributed by atoms with van der Waals surface area (Å²) >= 11 is 11.8. The molecule has 1 N–H and O–H groups in total. The van der Waals surface area contributed by atoms with Gasteiger partial charge in [-0.1, -0.05) is 23.2 Å². The lowest BCUT2D eigenvalue weighted by Crippen LogP contribution is -2.47. The third-order valence-corrected chi connectivity index (χ3v) is 4.16. The topological polar surface area (TPSA) is 52.7 Å². The molecule has 0 bridgehead atoms. The van der Waals surface area contributed by atoms with Gasteiger partial charge in [0.05, 0.1) is 23.1 Å². The Labute approximate surface area is 153 Å². The standard InChI is InChI=1S/C17H25Cl2N3O2/c1-11(2)22(12(3)4)17(24)10-21(5)9-16(23)20-13-6-7-14(18)15(19)8-13/h6-8,11-12H,9-10H2,1-5H3,(H,20,23). The van der Waals surface area contributed by atoms with Crippen LogP contribution in [0.2, 0.25) is 10.0 Å². The molecular formula is C17H25Cl2N3O2. The molecule has 0 radical (unpaired) electrons. The molecule has 0 spiro atoms. The van der Waals surface area contributed by atoms with Crippen LogP contribution in [0.5, 0.6) is 0 Å². The number of carbonyl (C=O) groups excluding carboxylic acids is 2. The SMILES string of the molecule is CC(C)N(C(=O)CN(C)CC(=O)Nc1ccc(Cl)c(Cl)c1)C(C)C. The minimum absolute atomic E-state index is 0.00448. The van der Waals surface area contributed by atoms with E-state index in [0.29, 0.717) is 15.7 Å². The fourth-order valence-electron chi connectivity index (χ4n) is 2.56. The predicted molar refractivity (Wildman–Crippen MR) is 99.7 cm³/mol. The van der Waals surface area contributed by atoms with E-state index in [0.717, 1.165) is 0 Å². The normalized spacial score (nSPS) is 11.2. The molecule has 0 saturated heterocycles. The molecular weight excluding hydrogens is 349 g/mol. The second-order valence-electron chi connectivity index (χ2n) is 6.34. The minimum atomic E-state index is -0.218. The molecule has 0 unspecified atom stereocenters. The van der Waals surface area contributed by atoms with Crippen LogP contribution >= 0.6 is 23.2 Å². The quantitative estimate of drug-likeness (QED) is 0.795. The van der Waals surface area contributed by atoms with Crippen molar-refractivity contribution in [2.24, 2.45) is 0 Å². The molecule has 2 amide bonds. The van der Waals surface area contributed by atoms with E-state index in [2.05, 4.69) is 5.32 Å². The molecule has 1 aromatic rings. The molecule has 134 valence electrons. The second kappa shape index (κ2) is 9.25. The number of anilines is 1. The van der Waals surface area contributed by atoms with Gasteiger partial charge in [-0.05, 0) is 52.9 Å². The summed E-state index contributed by atoms with van der Waals surface area (Å²) in [5.74, 6) is -0.214. The zero-order valence-corrected chi connectivity index (χ0v) is 16.3. The Bertz CT molecular complexity index is 583. The third kappa shape index (κ3) is 6.30. The fourth-order valence-corrected chi connectivity index (χ4v) is 2.86. The van der Waals surface area contributed by atoms with Gasteiger partial charge in [-0.3, -0.25) is 14.5 Å². The van der Waals surface area contributed by atoms with Gasteiger partial charge in [0, 0.05) is 17.8 Å². The van der Waals surface area contributed by atoms with Crippen molar-refractivity contribution in [1.29, 1.82) is 0 Å². The fraction of sp³-hybridized carbons (Fsp3) is 0.529. The molecule has 5 nitrogen and oxygen atoms in total. The molecule has 0 saturated carbocycles. The van der Waals surface area contributed by atoms with Gasteiger partial charge < -0.3 is 10.2 Å². The number of nitrogens with zero attached hydrogens (tertiary/aromatic N) is 2. The summed E-state index contributed by atoms with van der Waals surface area (Å²) in [5, 5.41) is 3.55. The summed E-state index contributed by atoms with van der Waals surface area (Å²) < 4.78 is 0. The van der Waals surface area contributed by atoms with Crippen molar-refractivity contribution >= 4 is 40.7 Å². The Morgan fingerprint density at radius 1 is 1.04 bits per heavy atom. The number of rotatable bonds is 7. The Morgan fingerprint density at radius 3 is 2.12 bits per heavy atom. The molecule has 1 rings (SSSR count). The Hall–Kier alpha value is -1.30. The number of hydrogen-bond donors (Lipinski definition) is 1. The largest absolute Gasteiger partial charge is 0.337 e. The molecule has 0 heterocycles. The summed E-state index contributed by atoms with van der Waals surface area (Å²) in [7, 11) is 1.74. The zero-order chi connectivity index (χ0) is 18.4. The highest BCUT2D eigenvalue weighted by atomic mass is 35.5. The van der Waals surface area contributed by atoms with Gasteiger partial charge >= 0.3 is 0 Å². The molecule has 0 aliphatic heterocycles. The van der Waals surface area contributed by atoms with E-state index in [9.17, 15) is 9.59 Å². The van der Waals surface area contributed by atoms with E-state index in [1.165, 1.54) is 0 Å². The van der Waals surface area contributed by atoms with E-state index in [1.807, 2.05) is 32.6 Å². The van der Waals surface area contributed by atoms with Crippen LogP contribution in [0.4, 0.5) is 5.69 Å². The molecule has 7 heteroatoms. The van der Waals surface area contributed by atoms with E-state index in [1.54, 1.807) is 30.1 Å². The highest BCUT2D eigenvalue weighted by molar-refractivity contribution is 6.42. The van der Waals surface area contributed by atoms with Crippen LogP contribution in [0, 0.1) is 0 Å². The highest BCUT2D eigenvalue weighted by Crippen LogP contribution is 2.24. The number of likely N-dealkylation sites (N-methyl/N-ethyl adjacent to an activating group) is 1. The monoisotopic (exact) mass is 373 g/mol. The van der Waals surface area contributed by atoms with E-state index >= 15 is 0 Å². The first-order valence-electron chi connectivity index (χ1n) is 7.86. The number of carbonyl (C=O) groups is 2. The maximum atomic E-state index is 12.4. The Morgan fingerprint density at radius 2 is 1.62 bits per heavy atom. The van der Waals surface area contributed by atoms with Crippen molar-refractivity contribution in [1.82, 2.24) is 9.80 Å². The number of halogens is 2. The first-order chi connectivity index (χ1) is 11.1. The average molecular weight is 374 g/mol. The van der Waals surface area contributed by atoms with Crippen molar-refractivity contribution in [2.45, 2.75) is 39.8 Å². The van der Waals surface area contributed by atoms with Crippen molar-refractivity contribution in [2.75, 3.05) is 25.5 Å². The van der Waals surface area contributed by atoms with Gasteiger partial charge in [-0.2, -0.15) is 0 Å². The summed E-state index contributed by atoms with van der Waals surface area (Å²) in [6.45, 7) is 8.22. The van der Waals surface area contributed by atoms with Crippen molar-refractivity contribution in [3.8, 4) is 0 Å². The Kier molecular flexibility index (Phi) is 8.00. The van der Waals surface area contributed by atoms with Crippen LogP contribution in [0.1, 0.15) is 27.7 Å². The van der Waals surface area contributed by atoms with Crippen molar-refractivity contribution in [3.05, 3.63) is 28.2 Å². The molecule has 0 aromatic heterocycles. The molecule has 1 aromatic carbocycles. The average Bonchev–Trinajstić information content (AvgIpc) is 2.41. The molecule has 24 heavy (non-hydrogen) atoms. The van der Waals surface area contributed by atoms with Gasteiger partial charge in [0.2, 0.25) is 11.8 Å². The molecule has 0 atom stereocenters. The predicted octanol–water partition coefficient (Wildman–Crippen LogP) is 3.51. The lowest BCUT2D eigenvalue weighted by Gasteiger charge is -2.32. The lowest BCUT2D eigenvalue weighted by molar-refractivity contribution is -0.135. The third-order valence-electron chi connectivity index (χ3n) is 3.42. The maximum absolute atomic E-state index is 12.4. The van der Waals surface area contributed by atoms with Crippen LogP contribution in [-0.4, -0.2) is 53.8 Å². The van der Waals surface area contributed by atoms with Crippen LogP contribution in [0.3, 0.4) is 0 Å². The summed E-state index contributed by atoms with van der Waals surface area (Å²) in [6, 6.07) is 5.13. The number of nitrogens with one attached hydrogen (secondary N) is 1. The maximum Gasteiger partial charge on any atom is 0.238 e. The summed E-state index contributed by atoms with van der Waals surface area (Å²) in [5.41, 5.74) is 0.570. The Balaban J connectivity index is 2.57. The van der Waals surface area contributed by atoms with Crippen molar-refractivity contribution < 1.29 is 9.59 Å². The first kappa shape index (κ1) is 20.7. The van der Waals surface area contributed by atoms with Gasteiger partial charge in [-0.25, -0.2) is 0 Å². The minimum Gasteiger partial charge on any atom is -0.337 e. The zero-order valence-electron chi connectivity index (χ0n) is 14.8. The van der Waals surface area contributed by atoms with Gasteiger partial charge in [-0.15, -0.1) is 0 Å². The summed E-state index contributed by atoms with van der Waals surface area (Å²) in [4.78, 5) is 28.0. The highest BCUT2D eigenvalue weighted by Gasteiger charge is 2.21. The van der Waals surface area contributed by atoms with Crippen LogP contribution in [0.25, 0.3) is 0 Å². The molecule has 0 aliphatic rings. The second-order valence-corrected chi connectivity index (χ2v) is 7.15. The number of benzene rings is 1. The van der Waals surface area contributed by atoms with Crippen LogP contribution in [-0.2, 0) is 9.59 Å². The number of hydrogen-bond acceptors (Lipinski definition) is 3. The first-order valence-corrected chi connectivity index (χ1v) is 8.62. The van der Waals surface area contributed by atoms with Gasteiger partial charge in [0.15, 0.2) is 0 Å². The lowest BCUT2D eigenvalue weighted by atomic mass is 10.2. The van der Waals surface area contributed by atoms with E-state index in [-0.39, 0.29) is 37.0 Å². The van der Waals surface area contributed by atoms with Crippen LogP contribution < -0.4 is 5.32 Å². The van der Waals surface area contributed by atoms with Crippen LogP contribution in [0.15, 0.2) is 18.2 Å². The van der Waals surface area contributed by atoms with E-state index < -0.39 is 0 Å². The molecule has 0 aliphatic carbocycles. The smallest absolute Gasteiger partial charge is 0.238 e. The van der Waals surface area contributed by atoms with E-state index in [4.69, 9.17) is 23.2 Å². The van der Waals surface area contributed by atoms with Crippen molar-refractivity contribution in [3.63, 3.8) is 0 Å². The molecule has 0 fully saturated rings. The number of amides is 2. The van der Waals surface area contributed by atoms with Gasteiger partial charge in [0.25, 0.3) is 0 Å². The summed E-state index contributed by atoms with van der Waals surface area (Å²) in [6.07, 6.45) is 0.